The van der Waals surface area contributed by atoms with Crippen molar-refractivity contribution in [1.82, 2.24) is 20.3 Å². The van der Waals surface area contributed by atoms with E-state index in [2.05, 4.69) is 44.9 Å². The molecule has 5 N–H and O–H groups in total. The molecule has 0 saturated heterocycles. The molecule has 7 nitrogen and oxygen atoms in total. The maximum absolute atomic E-state index is 12.1. The van der Waals surface area contributed by atoms with Crippen LogP contribution in [0.4, 0.5) is 5.69 Å². The summed E-state index contributed by atoms with van der Waals surface area (Å²) in [6, 6.07) is 7.92. The first-order valence-corrected chi connectivity index (χ1v) is 11.9. The smallest absolute Gasteiger partial charge is 0.237 e. The molecule has 2 aromatic heterocycles. The van der Waals surface area contributed by atoms with E-state index in [1.807, 2.05) is 0 Å². The third kappa shape index (κ3) is 5.65. The van der Waals surface area contributed by atoms with Gasteiger partial charge < -0.3 is 21.4 Å². The quantitative estimate of drug-likeness (QED) is 0.346. The predicted octanol–water partition coefficient (Wildman–Crippen LogP) is 3.50. The summed E-state index contributed by atoms with van der Waals surface area (Å²) in [4.78, 5) is 23.9. The van der Waals surface area contributed by atoms with Gasteiger partial charge in [0.15, 0.2) is 0 Å². The maximum Gasteiger partial charge on any atom is 0.237 e. The SMILES string of the molecule is N[C@@H](Cc1cnc[nH]1)C(=O)NCCCCCCNc1c2c(nc3ccccc13)CCCC2. The van der Waals surface area contributed by atoms with E-state index in [0.29, 0.717) is 13.0 Å². The summed E-state index contributed by atoms with van der Waals surface area (Å²) < 4.78 is 0. The number of aryl methyl sites for hydroxylation is 1. The zero-order valence-electron chi connectivity index (χ0n) is 18.7. The number of anilines is 1. The van der Waals surface area contributed by atoms with Crippen LogP contribution in [0.15, 0.2) is 36.8 Å². The number of rotatable bonds is 11. The maximum atomic E-state index is 12.1. The van der Waals surface area contributed by atoms with Crippen LogP contribution in [0.3, 0.4) is 0 Å². The van der Waals surface area contributed by atoms with Crippen molar-refractivity contribution < 1.29 is 4.79 Å². The highest BCUT2D eigenvalue weighted by Gasteiger charge is 2.18. The second-order valence-electron chi connectivity index (χ2n) is 8.66. The van der Waals surface area contributed by atoms with Crippen LogP contribution in [-0.2, 0) is 24.1 Å². The Morgan fingerprint density at radius 3 is 2.75 bits per heavy atom. The van der Waals surface area contributed by atoms with Crippen molar-refractivity contribution in [1.29, 1.82) is 0 Å². The molecule has 1 aliphatic rings. The summed E-state index contributed by atoms with van der Waals surface area (Å²) in [5, 5.41) is 7.91. The highest BCUT2D eigenvalue weighted by molar-refractivity contribution is 5.93. The van der Waals surface area contributed by atoms with Crippen molar-refractivity contribution in [2.45, 2.75) is 63.8 Å². The lowest BCUT2D eigenvalue weighted by Gasteiger charge is -2.21. The van der Waals surface area contributed by atoms with Gasteiger partial charge in [0.05, 0.1) is 17.9 Å². The van der Waals surface area contributed by atoms with Crippen LogP contribution in [0.25, 0.3) is 10.9 Å². The van der Waals surface area contributed by atoms with Gasteiger partial charge in [-0.05, 0) is 50.2 Å². The van der Waals surface area contributed by atoms with Crippen LogP contribution < -0.4 is 16.4 Å². The molecule has 0 fully saturated rings. The Labute approximate surface area is 189 Å². The molecule has 32 heavy (non-hydrogen) atoms. The molecule has 3 aromatic rings. The fourth-order valence-electron chi connectivity index (χ4n) is 4.46. The molecule has 0 aliphatic heterocycles. The number of H-pyrrole nitrogens is 1. The standard InChI is InChI=1S/C25H34N6O/c26-21(15-18-16-27-17-30-18)25(32)29-14-8-2-1-7-13-28-24-19-9-3-5-11-22(19)31-23-12-6-4-10-20(23)24/h3,5,9,11,16-17,21H,1-2,4,6-8,10,12-15,26H2,(H,27,30)(H,28,31)(H,29,32)/t21-/m0/s1. The highest BCUT2D eigenvalue weighted by atomic mass is 16.2. The lowest BCUT2D eigenvalue weighted by Crippen LogP contribution is -2.42. The largest absolute Gasteiger partial charge is 0.384 e. The van der Waals surface area contributed by atoms with Crippen LogP contribution in [0.5, 0.6) is 0 Å². The summed E-state index contributed by atoms with van der Waals surface area (Å²) in [6.45, 7) is 1.63. The highest BCUT2D eigenvalue weighted by Crippen LogP contribution is 2.33. The molecular weight excluding hydrogens is 400 g/mol. The minimum Gasteiger partial charge on any atom is -0.384 e. The van der Waals surface area contributed by atoms with Gasteiger partial charge in [-0.15, -0.1) is 0 Å². The van der Waals surface area contributed by atoms with E-state index in [1.165, 1.54) is 35.2 Å². The van der Waals surface area contributed by atoms with Gasteiger partial charge in [-0.2, -0.15) is 0 Å². The number of nitrogens with two attached hydrogens (primary N) is 1. The number of amides is 1. The number of hydrogen-bond acceptors (Lipinski definition) is 5. The number of imidazole rings is 1. The fraction of sp³-hybridized carbons (Fsp3) is 0.480. The van der Waals surface area contributed by atoms with E-state index in [1.54, 1.807) is 12.5 Å². The average Bonchev–Trinajstić information content (AvgIpc) is 3.33. The number of unbranched alkanes of at least 4 members (excludes halogenated alkanes) is 3. The summed E-state index contributed by atoms with van der Waals surface area (Å²) in [5.41, 5.74) is 11.9. The minimum absolute atomic E-state index is 0.101. The molecule has 1 atom stereocenters. The van der Waals surface area contributed by atoms with Crippen molar-refractivity contribution in [3.05, 3.63) is 53.7 Å². The number of hydrogen-bond donors (Lipinski definition) is 4. The van der Waals surface area contributed by atoms with E-state index in [-0.39, 0.29) is 5.91 Å². The molecule has 0 radical (unpaired) electrons. The Bertz CT molecular complexity index is 1020. The van der Waals surface area contributed by atoms with Crippen molar-refractivity contribution in [2.24, 2.45) is 5.73 Å². The van der Waals surface area contributed by atoms with Crippen molar-refractivity contribution in [2.75, 3.05) is 18.4 Å². The second kappa shape index (κ2) is 11.1. The molecule has 4 rings (SSSR count). The summed E-state index contributed by atoms with van der Waals surface area (Å²) in [7, 11) is 0. The van der Waals surface area contributed by atoms with E-state index in [4.69, 9.17) is 10.7 Å². The monoisotopic (exact) mass is 434 g/mol. The fourth-order valence-corrected chi connectivity index (χ4v) is 4.46. The van der Waals surface area contributed by atoms with E-state index in [9.17, 15) is 4.79 Å². The van der Waals surface area contributed by atoms with Crippen LogP contribution in [0, 0.1) is 0 Å². The lowest BCUT2D eigenvalue weighted by molar-refractivity contribution is -0.122. The molecule has 0 unspecified atom stereocenters. The number of benzene rings is 1. The Morgan fingerprint density at radius 2 is 1.91 bits per heavy atom. The van der Waals surface area contributed by atoms with E-state index >= 15 is 0 Å². The van der Waals surface area contributed by atoms with E-state index in [0.717, 1.165) is 56.3 Å². The van der Waals surface area contributed by atoms with Crippen LogP contribution in [0.2, 0.25) is 0 Å². The van der Waals surface area contributed by atoms with Crippen LogP contribution in [0.1, 0.15) is 55.5 Å². The lowest BCUT2D eigenvalue weighted by atomic mass is 9.92. The predicted molar refractivity (Wildman–Crippen MR) is 129 cm³/mol. The van der Waals surface area contributed by atoms with Gasteiger partial charge in [0.1, 0.15) is 0 Å². The molecule has 0 spiro atoms. The zero-order valence-corrected chi connectivity index (χ0v) is 18.7. The zero-order chi connectivity index (χ0) is 22.2. The number of fused-ring (bicyclic) bond motifs is 2. The molecule has 1 aliphatic carbocycles. The number of nitrogens with zero attached hydrogens (tertiary/aromatic N) is 2. The normalized spacial score (nSPS) is 14.2. The second-order valence-corrected chi connectivity index (χ2v) is 8.66. The first-order valence-electron chi connectivity index (χ1n) is 11.9. The Hall–Kier alpha value is -2.93. The number of carbonyl (C=O) groups is 1. The van der Waals surface area contributed by atoms with Crippen LogP contribution >= 0.6 is 0 Å². The molecule has 2 heterocycles. The molecule has 0 bridgehead atoms. The van der Waals surface area contributed by atoms with Crippen molar-refractivity contribution >= 4 is 22.5 Å². The number of pyridine rings is 1. The summed E-state index contributed by atoms with van der Waals surface area (Å²) >= 11 is 0. The van der Waals surface area contributed by atoms with Gasteiger partial charge in [0.2, 0.25) is 5.91 Å². The number of carbonyl (C=O) groups excluding carboxylic acids is 1. The molecule has 170 valence electrons. The summed E-state index contributed by atoms with van der Waals surface area (Å²) in [5.74, 6) is -0.101. The molecule has 1 aromatic carbocycles. The van der Waals surface area contributed by atoms with Crippen molar-refractivity contribution in [3.63, 3.8) is 0 Å². The van der Waals surface area contributed by atoms with Crippen molar-refractivity contribution in [3.8, 4) is 0 Å². The minimum atomic E-state index is -0.541. The topological polar surface area (TPSA) is 109 Å². The number of aromatic nitrogens is 3. The van der Waals surface area contributed by atoms with Gasteiger partial charge in [-0.25, -0.2) is 4.98 Å². The number of nitrogens with one attached hydrogen (secondary N) is 3. The third-order valence-electron chi connectivity index (χ3n) is 6.21. The van der Waals surface area contributed by atoms with Gasteiger partial charge in [0.25, 0.3) is 0 Å². The molecule has 1 amide bonds. The van der Waals surface area contributed by atoms with Crippen LogP contribution in [-0.4, -0.2) is 40.0 Å². The van der Waals surface area contributed by atoms with E-state index < -0.39 is 6.04 Å². The molecule has 7 heteroatoms. The Kier molecular flexibility index (Phi) is 7.72. The third-order valence-corrected chi connectivity index (χ3v) is 6.21. The number of aromatic amines is 1. The van der Waals surface area contributed by atoms with Gasteiger partial charge in [0, 0.05) is 48.2 Å². The molecular formula is C25H34N6O. The average molecular weight is 435 g/mol. The number of para-hydroxylation sites is 1. The Morgan fingerprint density at radius 1 is 1.09 bits per heavy atom. The summed E-state index contributed by atoms with van der Waals surface area (Å²) in [6.07, 6.45) is 12.8. The molecule has 0 saturated carbocycles. The van der Waals surface area contributed by atoms with Gasteiger partial charge >= 0.3 is 0 Å². The van der Waals surface area contributed by atoms with Gasteiger partial charge in [-0.1, -0.05) is 31.0 Å². The Balaban J connectivity index is 1.16. The first-order chi connectivity index (χ1) is 15.7. The first kappa shape index (κ1) is 22.3. The van der Waals surface area contributed by atoms with Gasteiger partial charge in [-0.3, -0.25) is 9.78 Å².